The van der Waals surface area contributed by atoms with Gasteiger partial charge < -0.3 is 14.8 Å². The number of nitrogens with one attached hydrogen (secondary N) is 1. The number of methoxy groups -OCH3 is 1. The third-order valence-corrected chi connectivity index (χ3v) is 4.43. The van der Waals surface area contributed by atoms with Crippen LogP contribution in [0.1, 0.15) is 53.4 Å². The summed E-state index contributed by atoms with van der Waals surface area (Å²) in [5.41, 5.74) is -0.0517. The van der Waals surface area contributed by atoms with Crippen molar-refractivity contribution in [3.05, 3.63) is 0 Å². The highest BCUT2D eigenvalue weighted by Gasteiger charge is 2.29. The fraction of sp³-hybridized carbons (Fsp3) is 1.00. The molecule has 2 atom stereocenters. The maximum absolute atomic E-state index is 6.07. The average Bonchev–Trinajstić information content (AvgIpc) is 2.48. The van der Waals surface area contributed by atoms with Gasteiger partial charge in [-0.2, -0.15) is 0 Å². The summed E-state index contributed by atoms with van der Waals surface area (Å²) in [6, 6.07) is 0.430. The Morgan fingerprint density at radius 3 is 2.71 bits per heavy atom. The van der Waals surface area contributed by atoms with Crippen molar-refractivity contribution in [3.63, 3.8) is 0 Å². The van der Waals surface area contributed by atoms with E-state index in [2.05, 4.69) is 37.9 Å². The van der Waals surface area contributed by atoms with E-state index in [1.807, 2.05) is 0 Å². The van der Waals surface area contributed by atoms with E-state index in [1.54, 1.807) is 7.11 Å². The van der Waals surface area contributed by atoms with Gasteiger partial charge >= 0.3 is 0 Å². The van der Waals surface area contributed by atoms with Gasteiger partial charge in [-0.3, -0.25) is 4.90 Å². The molecule has 0 aromatic rings. The van der Waals surface area contributed by atoms with E-state index in [9.17, 15) is 0 Å². The van der Waals surface area contributed by atoms with Crippen LogP contribution < -0.4 is 5.32 Å². The van der Waals surface area contributed by atoms with Crippen molar-refractivity contribution < 1.29 is 9.47 Å². The van der Waals surface area contributed by atoms with E-state index < -0.39 is 0 Å². The largest absolute Gasteiger partial charge is 0.379 e. The second-order valence-electron chi connectivity index (χ2n) is 6.77. The monoisotopic (exact) mass is 300 g/mol. The summed E-state index contributed by atoms with van der Waals surface area (Å²) in [6.45, 7) is 14.0. The normalized spacial score (nSPS) is 22.4. The molecule has 0 bridgehead atoms. The Morgan fingerprint density at radius 1 is 1.33 bits per heavy atom. The molecule has 126 valence electrons. The number of rotatable bonds is 10. The summed E-state index contributed by atoms with van der Waals surface area (Å²) < 4.78 is 11.6. The highest BCUT2D eigenvalue weighted by Crippen LogP contribution is 2.20. The van der Waals surface area contributed by atoms with E-state index in [-0.39, 0.29) is 5.60 Å². The minimum atomic E-state index is -0.0517. The smallest absolute Gasteiger partial charge is 0.0855 e. The van der Waals surface area contributed by atoms with Crippen molar-refractivity contribution in [2.45, 2.75) is 71.1 Å². The molecule has 0 aromatic heterocycles. The molecule has 4 heteroatoms. The summed E-state index contributed by atoms with van der Waals surface area (Å²) >= 11 is 0. The van der Waals surface area contributed by atoms with Gasteiger partial charge in [0, 0.05) is 26.2 Å². The van der Waals surface area contributed by atoms with Gasteiger partial charge in [-0.25, -0.2) is 0 Å². The molecule has 0 amide bonds. The zero-order valence-corrected chi connectivity index (χ0v) is 14.8. The van der Waals surface area contributed by atoms with E-state index in [1.165, 1.54) is 13.0 Å². The van der Waals surface area contributed by atoms with Crippen molar-refractivity contribution in [3.8, 4) is 0 Å². The van der Waals surface area contributed by atoms with E-state index in [0.29, 0.717) is 12.1 Å². The van der Waals surface area contributed by atoms with Crippen LogP contribution in [0.3, 0.4) is 0 Å². The first-order valence-electron chi connectivity index (χ1n) is 8.65. The van der Waals surface area contributed by atoms with Crippen LogP contribution in [0.15, 0.2) is 0 Å². The van der Waals surface area contributed by atoms with Crippen LogP contribution in [0.5, 0.6) is 0 Å². The predicted molar refractivity (Wildman–Crippen MR) is 88.9 cm³/mol. The summed E-state index contributed by atoms with van der Waals surface area (Å²) in [6.07, 6.45) is 4.85. The van der Waals surface area contributed by atoms with E-state index in [0.717, 1.165) is 45.5 Å². The second kappa shape index (κ2) is 9.78. The van der Waals surface area contributed by atoms with Crippen molar-refractivity contribution >= 4 is 0 Å². The number of ether oxygens (including phenoxy) is 2. The molecule has 0 spiro atoms. The van der Waals surface area contributed by atoms with Gasteiger partial charge in [0.05, 0.1) is 18.3 Å². The zero-order chi connectivity index (χ0) is 15.7. The molecule has 1 aliphatic rings. The zero-order valence-electron chi connectivity index (χ0n) is 14.8. The molecule has 1 heterocycles. The maximum Gasteiger partial charge on any atom is 0.0855 e. The molecule has 1 saturated heterocycles. The standard InChI is InChI=1S/C17H36N2O2/c1-6-10-18-15(8-9-17(3,4)20-5)16-14-19(11-7-2)12-13-21-16/h15-16,18H,6-14H2,1-5H3. The summed E-state index contributed by atoms with van der Waals surface area (Å²) in [5.74, 6) is 0. The molecule has 1 aliphatic heterocycles. The molecule has 0 aliphatic carbocycles. The first-order chi connectivity index (χ1) is 10.0. The number of morpholine rings is 1. The lowest BCUT2D eigenvalue weighted by atomic mass is 9.95. The topological polar surface area (TPSA) is 33.7 Å². The molecule has 1 N–H and O–H groups in total. The van der Waals surface area contributed by atoms with Crippen LogP contribution in [0, 0.1) is 0 Å². The fourth-order valence-corrected chi connectivity index (χ4v) is 2.85. The molecule has 0 saturated carbocycles. The van der Waals surface area contributed by atoms with Crippen LogP contribution in [0.2, 0.25) is 0 Å². The highest BCUT2D eigenvalue weighted by molar-refractivity contribution is 4.85. The Hall–Kier alpha value is -0.160. The van der Waals surface area contributed by atoms with E-state index >= 15 is 0 Å². The second-order valence-corrected chi connectivity index (χ2v) is 6.77. The van der Waals surface area contributed by atoms with Crippen molar-refractivity contribution in [2.75, 3.05) is 39.9 Å². The third-order valence-electron chi connectivity index (χ3n) is 4.43. The van der Waals surface area contributed by atoms with Crippen LogP contribution in [-0.4, -0.2) is 62.5 Å². The van der Waals surface area contributed by atoms with Crippen LogP contribution in [0.25, 0.3) is 0 Å². The number of nitrogens with zero attached hydrogens (tertiary/aromatic N) is 1. The fourth-order valence-electron chi connectivity index (χ4n) is 2.85. The molecule has 0 aromatic carbocycles. The third kappa shape index (κ3) is 7.09. The Morgan fingerprint density at radius 2 is 2.10 bits per heavy atom. The van der Waals surface area contributed by atoms with Gasteiger partial charge in [0.1, 0.15) is 0 Å². The molecule has 2 unspecified atom stereocenters. The minimum absolute atomic E-state index is 0.0517. The average molecular weight is 300 g/mol. The molecule has 0 radical (unpaired) electrons. The highest BCUT2D eigenvalue weighted by atomic mass is 16.5. The molecule has 1 fully saturated rings. The Kier molecular flexibility index (Phi) is 8.79. The first kappa shape index (κ1) is 18.9. The molecule has 1 rings (SSSR count). The van der Waals surface area contributed by atoms with Gasteiger partial charge in [0.15, 0.2) is 0 Å². The van der Waals surface area contributed by atoms with Crippen molar-refractivity contribution in [1.29, 1.82) is 0 Å². The lowest BCUT2D eigenvalue weighted by Crippen LogP contribution is -2.52. The minimum Gasteiger partial charge on any atom is -0.379 e. The van der Waals surface area contributed by atoms with Crippen LogP contribution in [-0.2, 0) is 9.47 Å². The Labute approximate surface area is 131 Å². The lowest BCUT2D eigenvalue weighted by molar-refractivity contribution is -0.0536. The molecular weight excluding hydrogens is 264 g/mol. The lowest BCUT2D eigenvalue weighted by Gasteiger charge is -2.38. The van der Waals surface area contributed by atoms with Gasteiger partial charge in [-0.15, -0.1) is 0 Å². The summed E-state index contributed by atoms with van der Waals surface area (Å²) in [7, 11) is 1.80. The molecular formula is C17H36N2O2. The Balaban J connectivity index is 2.54. The van der Waals surface area contributed by atoms with Gasteiger partial charge in [0.25, 0.3) is 0 Å². The first-order valence-corrected chi connectivity index (χ1v) is 8.65. The molecule has 21 heavy (non-hydrogen) atoms. The quantitative estimate of drug-likeness (QED) is 0.672. The molecule has 4 nitrogen and oxygen atoms in total. The van der Waals surface area contributed by atoms with Gasteiger partial charge in [-0.1, -0.05) is 13.8 Å². The number of hydrogen-bond acceptors (Lipinski definition) is 4. The van der Waals surface area contributed by atoms with E-state index in [4.69, 9.17) is 9.47 Å². The Bertz CT molecular complexity index is 270. The van der Waals surface area contributed by atoms with Crippen molar-refractivity contribution in [2.24, 2.45) is 0 Å². The summed E-state index contributed by atoms with van der Waals surface area (Å²) in [4.78, 5) is 2.54. The number of hydrogen-bond donors (Lipinski definition) is 1. The van der Waals surface area contributed by atoms with Gasteiger partial charge in [-0.05, 0) is 52.6 Å². The predicted octanol–water partition coefficient (Wildman–Crippen LogP) is 2.67. The SMILES string of the molecule is CCCNC(CCC(C)(C)OC)C1CN(CCC)CCO1. The van der Waals surface area contributed by atoms with Crippen LogP contribution in [0.4, 0.5) is 0 Å². The maximum atomic E-state index is 6.07. The summed E-state index contributed by atoms with van der Waals surface area (Å²) in [5, 5.41) is 3.69. The van der Waals surface area contributed by atoms with Crippen molar-refractivity contribution in [1.82, 2.24) is 10.2 Å². The van der Waals surface area contributed by atoms with Gasteiger partial charge in [0.2, 0.25) is 0 Å². The van der Waals surface area contributed by atoms with Crippen LogP contribution >= 0.6 is 0 Å².